The van der Waals surface area contributed by atoms with E-state index >= 15 is 0 Å². The largest absolute Gasteiger partial charge is 0.484 e. The highest BCUT2D eigenvalue weighted by Gasteiger charge is 2.07. The molecule has 0 bridgehead atoms. The fourth-order valence-corrected chi connectivity index (χ4v) is 1.57. The molecule has 126 valence electrons. The Morgan fingerprint density at radius 1 is 0.708 bits per heavy atom. The summed E-state index contributed by atoms with van der Waals surface area (Å²) in [6.07, 6.45) is 0. The monoisotopic (exact) mass is 336 g/mol. The first-order valence-corrected chi connectivity index (χ1v) is 6.87. The third-order valence-electron chi connectivity index (χ3n) is 2.71. The van der Waals surface area contributed by atoms with Gasteiger partial charge in [0.05, 0.1) is 0 Å². The Labute approximate surface area is 136 Å². The summed E-state index contributed by atoms with van der Waals surface area (Å²) in [5.74, 6) is -1.40. The van der Waals surface area contributed by atoms with Crippen LogP contribution < -0.4 is 20.3 Å². The smallest absolute Gasteiger partial charge is 0.276 e. The van der Waals surface area contributed by atoms with Gasteiger partial charge in [-0.25, -0.2) is 8.78 Å². The van der Waals surface area contributed by atoms with Crippen LogP contribution in [0.1, 0.15) is 0 Å². The van der Waals surface area contributed by atoms with Crippen LogP contribution in [-0.2, 0) is 9.59 Å². The molecule has 24 heavy (non-hydrogen) atoms. The van der Waals surface area contributed by atoms with Crippen LogP contribution in [0.5, 0.6) is 11.5 Å². The van der Waals surface area contributed by atoms with Gasteiger partial charge in [-0.05, 0) is 48.5 Å². The fourth-order valence-electron chi connectivity index (χ4n) is 1.57. The number of hydrazine groups is 1. The Morgan fingerprint density at radius 2 is 1.04 bits per heavy atom. The Bertz CT molecular complexity index is 629. The van der Waals surface area contributed by atoms with E-state index in [1.165, 1.54) is 48.5 Å². The molecule has 0 atom stereocenters. The SMILES string of the molecule is O=C(COc1ccc(F)cc1)NNC(=O)COc1ccc(F)cc1. The predicted molar refractivity (Wildman–Crippen MR) is 80.1 cm³/mol. The average Bonchev–Trinajstić information content (AvgIpc) is 2.59. The van der Waals surface area contributed by atoms with Crippen molar-refractivity contribution in [1.29, 1.82) is 0 Å². The van der Waals surface area contributed by atoms with E-state index in [2.05, 4.69) is 10.9 Å². The molecular formula is C16H14F2N2O4. The van der Waals surface area contributed by atoms with Gasteiger partial charge < -0.3 is 9.47 Å². The molecule has 0 aliphatic heterocycles. The molecule has 0 aromatic heterocycles. The van der Waals surface area contributed by atoms with Crippen LogP contribution in [-0.4, -0.2) is 25.0 Å². The fraction of sp³-hybridized carbons (Fsp3) is 0.125. The summed E-state index contributed by atoms with van der Waals surface area (Å²) in [4.78, 5) is 23.0. The molecule has 0 spiro atoms. The first kappa shape index (κ1) is 17.2. The van der Waals surface area contributed by atoms with Gasteiger partial charge in [-0.2, -0.15) is 0 Å². The van der Waals surface area contributed by atoms with Crippen LogP contribution >= 0.6 is 0 Å². The van der Waals surface area contributed by atoms with E-state index in [-0.39, 0.29) is 13.2 Å². The van der Waals surface area contributed by atoms with Crippen molar-refractivity contribution in [3.8, 4) is 11.5 Å². The third-order valence-corrected chi connectivity index (χ3v) is 2.71. The molecule has 0 unspecified atom stereocenters. The summed E-state index contributed by atoms with van der Waals surface area (Å²) in [7, 11) is 0. The first-order chi connectivity index (χ1) is 11.5. The molecule has 2 N–H and O–H groups in total. The lowest BCUT2D eigenvalue weighted by Gasteiger charge is -2.09. The van der Waals surface area contributed by atoms with Gasteiger partial charge in [0.25, 0.3) is 11.8 Å². The number of halogens is 2. The molecule has 0 saturated carbocycles. The lowest BCUT2D eigenvalue weighted by Crippen LogP contribution is -2.45. The maximum absolute atomic E-state index is 12.7. The zero-order chi connectivity index (χ0) is 17.4. The van der Waals surface area contributed by atoms with Gasteiger partial charge in [-0.1, -0.05) is 0 Å². The topological polar surface area (TPSA) is 76.7 Å². The van der Waals surface area contributed by atoms with E-state index in [4.69, 9.17) is 9.47 Å². The Balaban J connectivity index is 1.64. The number of rotatable bonds is 6. The summed E-state index contributed by atoms with van der Waals surface area (Å²) >= 11 is 0. The number of benzene rings is 2. The van der Waals surface area contributed by atoms with Gasteiger partial charge in [0.1, 0.15) is 23.1 Å². The second-order valence-corrected chi connectivity index (χ2v) is 4.58. The average molecular weight is 336 g/mol. The Morgan fingerprint density at radius 3 is 1.38 bits per heavy atom. The van der Waals surface area contributed by atoms with Crippen LogP contribution in [0.4, 0.5) is 8.78 Å². The quantitative estimate of drug-likeness (QED) is 0.785. The lowest BCUT2D eigenvalue weighted by molar-refractivity contribution is -0.131. The summed E-state index contributed by atoms with van der Waals surface area (Å²) in [5, 5.41) is 0. The molecule has 6 nitrogen and oxygen atoms in total. The molecule has 2 aromatic carbocycles. The Kier molecular flexibility index (Phi) is 6.07. The molecule has 0 aliphatic rings. The molecule has 0 radical (unpaired) electrons. The highest BCUT2D eigenvalue weighted by molar-refractivity contribution is 5.83. The van der Waals surface area contributed by atoms with Crippen molar-refractivity contribution in [3.05, 3.63) is 60.2 Å². The molecular weight excluding hydrogens is 322 g/mol. The molecule has 0 aliphatic carbocycles. The van der Waals surface area contributed by atoms with E-state index in [1.54, 1.807) is 0 Å². The molecule has 2 amide bonds. The summed E-state index contributed by atoms with van der Waals surface area (Å²) < 4.78 is 35.6. The number of carbonyl (C=O) groups is 2. The number of hydrogen-bond acceptors (Lipinski definition) is 4. The zero-order valence-electron chi connectivity index (χ0n) is 12.4. The summed E-state index contributed by atoms with van der Waals surface area (Å²) in [6, 6.07) is 10.3. The molecule has 0 fully saturated rings. The van der Waals surface area contributed by atoms with Crippen molar-refractivity contribution in [1.82, 2.24) is 10.9 Å². The normalized spacial score (nSPS) is 9.92. The van der Waals surface area contributed by atoms with Crippen molar-refractivity contribution in [2.45, 2.75) is 0 Å². The van der Waals surface area contributed by atoms with Crippen molar-refractivity contribution >= 4 is 11.8 Å². The van der Waals surface area contributed by atoms with Gasteiger partial charge in [0.2, 0.25) is 0 Å². The highest BCUT2D eigenvalue weighted by Crippen LogP contribution is 2.11. The standard InChI is InChI=1S/C16H14F2N2O4/c17-11-1-5-13(6-2-11)23-9-15(21)19-20-16(22)10-24-14-7-3-12(18)4-8-14/h1-8H,9-10H2,(H,19,21)(H,20,22). The number of hydrogen-bond donors (Lipinski definition) is 2. The van der Waals surface area contributed by atoms with E-state index in [1.807, 2.05) is 0 Å². The lowest BCUT2D eigenvalue weighted by atomic mass is 10.3. The molecule has 8 heteroatoms. The highest BCUT2D eigenvalue weighted by atomic mass is 19.1. The predicted octanol–water partition coefficient (Wildman–Crippen LogP) is 1.57. The second kappa shape index (κ2) is 8.47. The minimum atomic E-state index is -0.602. The van der Waals surface area contributed by atoms with Gasteiger partial charge in [-0.15, -0.1) is 0 Å². The van der Waals surface area contributed by atoms with E-state index in [9.17, 15) is 18.4 Å². The van der Waals surface area contributed by atoms with Gasteiger partial charge in [-0.3, -0.25) is 20.4 Å². The minimum Gasteiger partial charge on any atom is -0.484 e. The first-order valence-electron chi connectivity index (χ1n) is 6.87. The van der Waals surface area contributed by atoms with Crippen molar-refractivity contribution < 1.29 is 27.8 Å². The molecule has 2 rings (SSSR count). The van der Waals surface area contributed by atoms with Crippen molar-refractivity contribution in [2.24, 2.45) is 0 Å². The molecule has 0 heterocycles. The molecule has 2 aromatic rings. The van der Waals surface area contributed by atoms with Crippen LogP contribution in [0, 0.1) is 11.6 Å². The maximum Gasteiger partial charge on any atom is 0.276 e. The zero-order valence-corrected chi connectivity index (χ0v) is 12.4. The van der Waals surface area contributed by atoms with Gasteiger partial charge in [0.15, 0.2) is 13.2 Å². The minimum absolute atomic E-state index is 0.317. The van der Waals surface area contributed by atoms with Crippen LogP contribution in [0.3, 0.4) is 0 Å². The summed E-state index contributed by atoms with van der Waals surface area (Å²) in [6.45, 7) is -0.713. The maximum atomic E-state index is 12.7. The number of amides is 2. The van der Waals surface area contributed by atoms with Crippen LogP contribution in [0.2, 0.25) is 0 Å². The number of nitrogens with one attached hydrogen (secondary N) is 2. The summed E-state index contributed by atoms with van der Waals surface area (Å²) in [5.41, 5.74) is 4.26. The van der Waals surface area contributed by atoms with Crippen LogP contribution in [0.15, 0.2) is 48.5 Å². The Hall–Kier alpha value is -3.16. The van der Waals surface area contributed by atoms with Crippen LogP contribution in [0.25, 0.3) is 0 Å². The second-order valence-electron chi connectivity index (χ2n) is 4.58. The van der Waals surface area contributed by atoms with E-state index in [0.29, 0.717) is 11.5 Å². The van der Waals surface area contributed by atoms with E-state index < -0.39 is 23.4 Å². The van der Waals surface area contributed by atoms with Gasteiger partial charge in [0, 0.05) is 0 Å². The number of ether oxygens (including phenoxy) is 2. The van der Waals surface area contributed by atoms with Crippen molar-refractivity contribution in [2.75, 3.05) is 13.2 Å². The van der Waals surface area contributed by atoms with E-state index in [0.717, 1.165) is 0 Å². The molecule has 0 saturated heterocycles. The third kappa shape index (κ3) is 5.91. The number of carbonyl (C=O) groups excluding carboxylic acids is 2. The van der Waals surface area contributed by atoms with Gasteiger partial charge >= 0.3 is 0 Å². The van der Waals surface area contributed by atoms with Crippen molar-refractivity contribution in [3.63, 3.8) is 0 Å².